The molecule has 1 heterocycles. The first-order valence-electron chi connectivity index (χ1n) is 6.56. The maximum atomic E-state index is 12.1. The Hall–Kier alpha value is -2.30. The molecule has 5 nitrogen and oxygen atoms in total. The van der Waals surface area contributed by atoms with E-state index in [1.165, 1.54) is 0 Å². The Morgan fingerprint density at radius 3 is 2.60 bits per heavy atom. The minimum atomic E-state index is -0.821. The molecule has 5 heteroatoms. The van der Waals surface area contributed by atoms with Crippen molar-refractivity contribution in [3.8, 4) is 0 Å². The van der Waals surface area contributed by atoms with Gasteiger partial charge in [-0.1, -0.05) is 18.2 Å². The maximum Gasteiger partial charge on any atom is 0.341 e. The van der Waals surface area contributed by atoms with Gasteiger partial charge in [0.25, 0.3) is 5.91 Å². The lowest BCUT2D eigenvalue weighted by molar-refractivity contribution is -0.129. The van der Waals surface area contributed by atoms with Crippen LogP contribution in [0.2, 0.25) is 0 Å². The molecule has 0 radical (unpaired) electrons. The molecule has 0 unspecified atom stereocenters. The average molecular weight is 274 g/mol. The summed E-state index contributed by atoms with van der Waals surface area (Å²) in [5, 5.41) is 3.49. The number of aromatic nitrogens is 1. The highest BCUT2D eigenvalue weighted by Gasteiger charge is 2.21. The molecule has 1 aromatic carbocycles. The summed E-state index contributed by atoms with van der Waals surface area (Å²) >= 11 is 0. The molecule has 2 rings (SSSR count). The van der Waals surface area contributed by atoms with Crippen molar-refractivity contribution in [2.24, 2.45) is 0 Å². The highest BCUT2D eigenvalue weighted by Crippen LogP contribution is 2.18. The highest BCUT2D eigenvalue weighted by atomic mass is 16.5. The van der Waals surface area contributed by atoms with Crippen molar-refractivity contribution in [2.45, 2.75) is 32.9 Å². The highest BCUT2D eigenvalue weighted by molar-refractivity contribution is 6.04. The van der Waals surface area contributed by atoms with Gasteiger partial charge in [-0.2, -0.15) is 0 Å². The summed E-state index contributed by atoms with van der Waals surface area (Å²) in [5.41, 5.74) is 1.29. The van der Waals surface area contributed by atoms with Gasteiger partial charge in [0.05, 0.1) is 5.56 Å². The van der Waals surface area contributed by atoms with E-state index in [9.17, 15) is 9.59 Å². The van der Waals surface area contributed by atoms with Crippen molar-refractivity contribution in [3.05, 3.63) is 36.0 Å². The van der Waals surface area contributed by atoms with E-state index in [1.807, 2.05) is 38.1 Å². The van der Waals surface area contributed by atoms with E-state index in [0.29, 0.717) is 5.56 Å². The number of amides is 1. The van der Waals surface area contributed by atoms with Crippen molar-refractivity contribution >= 4 is 22.8 Å². The Morgan fingerprint density at radius 2 is 1.90 bits per heavy atom. The second kappa shape index (κ2) is 5.77. The number of aromatic amines is 1. The second-order valence-corrected chi connectivity index (χ2v) is 4.96. The number of para-hydroxylation sites is 1. The molecule has 0 aliphatic heterocycles. The Morgan fingerprint density at radius 1 is 1.20 bits per heavy atom. The van der Waals surface area contributed by atoms with Crippen LogP contribution in [0.4, 0.5) is 0 Å². The Balaban J connectivity index is 2.10. The molecule has 2 aromatic rings. The van der Waals surface area contributed by atoms with Gasteiger partial charge in [0.2, 0.25) is 0 Å². The second-order valence-electron chi connectivity index (χ2n) is 4.96. The Bertz CT molecular complexity index is 631. The van der Waals surface area contributed by atoms with Gasteiger partial charge in [-0.3, -0.25) is 4.79 Å². The van der Waals surface area contributed by atoms with Gasteiger partial charge in [0.15, 0.2) is 6.10 Å². The minimum absolute atomic E-state index is 0.0109. The number of H-pyrrole nitrogens is 1. The topological polar surface area (TPSA) is 71.2 Å². The van der Waals surface area contributed by atoms with Crippen LogP contribution in [0.5, 0.6) is 0 Å². The first kappa shape index (κ1) is 14.1. The molecular weight excluding hydrogens is 256 g/mol. The summed E-state index contributed by atoms with van der Waals surface area (Å²) in [6.07, 6.45) is 0.777. The van der Waals surface area contributed by atoms with Crippen LogP contribution >= 0.6 is 0 Å². The molecule has 2 N–H and O–H groups in total. The van der Waals surface area contributed by atoms with Crippen LogP contribution in [0.1, 0.15) is 31.1 Å². The van der Waals surface area contributed by atoms with E-state index in [0.717, 1.165) is 10.9 Å². The van der Waals surface area contributed by atoms with Crippen LogP contribution in [0, 0.1) is 0 Å². The monoisotopic (exact) mass is 274 g/mol. The normalized spacial score (nSPS) is 12.4. The first-order valence-corrected chi connectivity index (χ1v) is 6.56. The number of fused-ring (bicyclic) bond motifs is 1. The molecule has 20 heavy (non-hydrogen) atoms. The lowest BCUT2D eigenvalue weighted by Crippen LogP contribution is -2.39. The molecule has 0 saturated heterocycles. The SMILES string of the molecule is CC(C)NC(=O)[C@@H](C)OC(=O)c1c[nH]c2ccccc12. The fraction of sp³-hybridized carbons (Fsp3) is 0.333. The summed E-state index contributed by atoms with van der Waals surface area (Å²) in [5.74, 6) is -0.804. The number of carbonyl (C=O) groups excluding carboxylic acids is 2. The van der Waals surface area contributed by atoms with E-state index in [2.05, 4.69) is 10.3 Å². The third-order valence-corrected chi connectivity index (χ3v) is 2.89. The number of esters is 1. The predicted octanol–water partition coefficient (Wildman–Crippen LogP) is 2.24. The van der Waals surface area contributed by atoms with Gasteiger partial charge in [-0.25, -0.2) is 4.79 Å². The van der Waals surface area contributed by atoms with Gasteiger partial charge >= 0.3 is 5.97 Å². The van der Waals surface area contributed by atoms with Gasteiger partial charge in [-0.15, -0.1) is 0 Å². The van der Waals surface area contributed by atoms with Crippen molar-refractivity contribution < 1.29 is 14.3 Å². The van der Waals surface area contributed by atoms with Crippen LogP contribution in [0.15, 0.2) is 30.5 Å². The third kappa shape index (κ3) is 2.99. The van der Waals surface area contributed by atoms with Gasteiger partial charge in [0, 0.05) is 23.1 Å². The maximum absolute atomic E-state index is 12.1. The summed E-state index contributed by atoms with van der Waals surface area (Å²) in [4.78, 5) is 26.8. The van der Waals surface area contributed by atoms with E-state index < -0.39 is 12.1 Å². The van der Waals surface area contributed by atoms with Crippen molar-refractivity contribution in [2.75, 3.05) is 0 Å². The van der Waals surface area contributed by atoms with Crippen LogP contribution in [-0.4, -0.2) is 29.0 Å². The first-order chi connectivity index (χ1) is 9.49. The van der Waals surface area contributed by atoms with Gasteiger partial charge in [-0.05, 0) is 26.8 Å². The zero-order chi connectivity index (χ0) is 14.7. The number of carbonyl (C=O) groups is 2. The third-order valence-electron chi connectivity index (χ3n) is 2.89. The van der Waals surface area contributed by atoms with Gasteiger partial charge < -0.3 is 15.0 Å². The molecule has 0 saturated carbocycles. The molecule has 106 valence electrons. The zero-order valence-corrected chi connectivity index (χ0v) is 11.8. The molecule has 0 aliphatic rings. The Kier molecular flexibility index (Phi) is 4.08. The minimum Gasteiger partial charge on any atom is -0.449 e. The van der Waals surface area contributed by atoms with Crippen LogP contribution in [-0.2, 0) is 9.53 Å². The summed E-state index contributed by atoms with van der Waals surface area (Å²) in [7, 11) is 0. The largest absolute Gasteiger partial charge is 0.449 e. The van der Waals surface area contributed by atoms with Crippen LogP contribution in [0.3, 0.4) is 0 Å². The fourth-order valence-electron chi connectivity index (χ4n) is 1.92. The fourth-order valence-corrected chi connectivity index (χ4v) is 1.92. The molecule has 1 amide bonds. The Labute approximate surface area is 117 Å². The van der Waals surface area contributed by atoms with Crippen LogP contribution < -0.4 is 5.32 Å². The number of rotatable bonds is 4. The molecule has 0 aliphatic carbocycles. The molecule has 0 fully saturated rings. The summed E-state index contributed by atoms with van der Waals surface area (Å²) < 4.78 is 5.19. The van der Waals surface area contributed by atoms with Crippen LogP contribution in [0.25, 0.3) is 10.9 Å². The van der Waals surface area contributed by atoms with E-state index in [1.54, 1.807) is 13.1 Å². The molecular formula is C15H18N2O3. The lowest BCUT2D eigenvalue weighted by atomic mass is 10.2. The molecule has 1 aromatic heterocycles. The lowest BCUT2D eigenvalue weighted by Gasteiger charge is -2.15. The van der Waals surface area contributed by atoms with Gasteiger partial charge in [0.1, 0.15) is 0 Å². The zero-order valence-electron chi connectivity index (χ0n) is 11.8. The summed E-state index contributed by atoms with van der Waals surface area (Å²) in [6, 6.07) is 7.45. The predicted molar refractivity (Wildman–Crippen MR) is 76.5 cm³/mol. The molecule has 0 bridgehead atoms. The molecule has 1 atom stereocenters. The standard InChI is InChI=1S/C15H18N2O3/c1-9(2)17-14(18)10(3)20-15(19)12-8-16-13-7-5-4-6-11(12)13/h4-10,16H,1-3H3,(H,17,18)/t10-/m1/s1. The quantitative estimate of drug-likeness (QED) is 0.840. The number of nitrogens with one attached hydrogen (secondary N) is 2. The van der Waals surface area contributed by atoms with E-state index in [4.69, 9.17) is 4.74 Å². The molecule has 0 spiro atoms. The number of hydrogen-bond acceptors (Lipinski definition) is 3. The van der Waals surface area contributed by atoms with E-state index >= 15 is 0 Å². The van der Waals surface area contributed by atoms with E-state index in [-0.39, 0.29) is 11.9 Å². The summed E-state index contributed by atoms with van der Waals surface area (Å²) in [6.45, 7) is 5.27. The van der Waals surface area contributed by atoms with Crippen molar-refractivity contribution in [1.29, 1.82) is 0 Å². The number of hydrogen-bond donors (Lipinski definition) is 2. The number of ether oxygens (including phenoxy) is 1. The van der Waals surface area contributed by atoms with Crippen molar-refractivity contribution in [3.63, 3.8) is 0 Å². The smallest absolute Gasteiger partial charge is 0.341 e. The number of benzene rings is 1. The van der Waals surface area contributed by atoms with Crippen molar-refractivity contribution in [1.82, 2.24) is 10.3 Å². The average Bonchev–Trinajstić information content (AvgIpc) is 2.81.